The van der Waals surface area contributed by atoms with Crippen molar-refractivity contribution in [1.29, 1.82) is 0 Å². The first-order chi connectivity index (χ1) is 8.33. The van der Waals surface area contributed by atoms with Gasteiger partial charge in [-0.1, -0.05) is 18.2 Å². The van der Waals surface area contributed by atoms with Gasteiger partial charge < -0.3 is 10.2 Å². The minimum absolute atomic E-state index is 0.0388. The molecule has 0 saturated carbocycles. The van der Waals surface area contributed by atoms with Crippen LogP contribution in [-0.2, 0) is 6.42 Å². The smallest absolute Gasteiger partial charge is 0.197 e. The van der Waals surface area contributed by atoms with Gasteiger partial charge in [-0.2, -0.15) is 0 Å². The summed E-state index contributed by atoms with van der Waals surface area (Å²) in [4.78, 5) is 5.58. The number of benzene rings is 1. The highest BCUT2D eigenvalue weighted by Crippen LogP contribution is 2.22. The van der Waals surface area contributed by atoms with Crippen molar-refractivity contribution in [2.24, 2.45) is 5.73 Å². The molecule has 0 aliphatic heterocycles. The van der Waals surface area contributed by atoms with Crippen molar-refractivity contribution in [1.82, 2.24) is 4.98 Å². The van der Waals surface area contributed by atoms with Crippen LogP contribution in [0.2, 0.25) is 0 Å². The minimum Gasteiger partial charge on any atom is -0.441 e. The standard InChI is InChI=1S/C13H12N2OS/c14-9(12-6-3-7-17-12)8-13-15-10-4-1-2-5-11(10)16-13/h1-7,9H,8,14H2. The summed E-state index contributed by atoms with van der Waals surface area (Å²) in [6.07, 6.45) is 0.634. The van der Waals surface area contributed by atoms with Crippen LogP contribution in [0.5, 0.6) is 0 Å². The first-order valence-electron chi connectivity index (χ1n) is 5.46. The first kappa shape index (κ1) is 10.5. The van der Waals surface area contributed by atoms with E-state index >= 15 is 0 Å². The molecule has 2 aromatic heterocycles. The summed E-state index contributed by atoms with van der Waals surface area (Å²) >= 11 is 1.66. The quantitative estimate of drug-likeness (QED) is 0.770. The van der Waals surface area contributed by atoms with Crippen LogP contribution in [0, 0.1) is 0 Å². The molecule has 2 N–H and O–H groups in total. The maximum absolute atomic E-state index is 6.10. The summed E-state index contributed by atoms with van der Waals surface area (Å²) in [5.74, 6) is 0.701. The third kappa shape index (κ3) is 2.09. The second-order valence-electron chi connectivity index (χ2n) is 3.90. The van der Waals surface area contributed by atoms with E-state index in [1.54, 1.807) is 11.3 Å². The summed E-state index contributed by atoms with van der Waals surface area (Å²) in [6.45, 7) is 0. The molecular formula is C13H12N2OS. The average Bonchev–Trinajstić information content (AvgIpc) is 2.97. The SMILES string of the molecule is NC(Cc1nc2ccccc2o1)c1cccs1. The Bertz CT molecular complexity index is 582. The maximum atomic E-state index is 6.10. The Hall–Kier alpha value is -1.65. The average molecular weight is 244 g/mol. The van der Waals surface area contributed by atoms with Gasteiger partial charge in [0.15, 0.2) is 11.5 Å². The van der Waals surface area contributed by atoms with Crippen LogP contribution in [0.15, 0.2) is 46.2 Å². The summed E-state index contributed by atoms with van der Waals surface area (Å²) < 4.78 is 5.65. The van der Waals surface area contributed by atoms with E-state index in [9.17, 15) is 0 Å². The first-order valence-corrected chi connectivity index (χ1v) is 6.34. The van der Waals surface area contributed by atoms with Crippen molar-refractivity contribution in [3.05, 3.63) is 52.5 Å². The highest BCUT2D eigenvalue weighted by Gasteiger charge is 2.12. The van der Waals surface area contributed by atoms with Crippen LogP contribution in [-0.4, -0.2) is 4.98 Å². The Morgan fingerprint density at radius 1 is 1.24 bits per heavy atom. The molecule has 0 aliphatic carbocycles. The molecule has 0 fully saturated rings. The fraction of sp³-hybridized carbons (Fsp3) is 0.154. The van der Waals surface area contributed by atoms with E-state index in [2.05, 4.69) is 4.98 Å². The Morgan fingerprint density at radius 3 is 2.88 bits per heavy atom. The van der Waals surface area contributed by atoms with E-state index < -0.39 is 0 Å². The Kier molecular flexibility index (Phi) is 2.66. The molecule has 0 aliphatic rings. The van der Waals surface area contributed by atoms with E-state index in [1.165, 1.54) is 0 Å². The number of thiophene rings is 1. The van der Waals surface area contributed by atoms with E-state index in [0.29, 0.717) is 12.3 Å². The number of oxazole rings is 1. The normalized spacial score (nSPS) is 13.0. The molecule has 3 rings (SSSR count). The van der Waals surface area contributed by atoms with Crippen LogP contribution in [0.4, 0.5) is 0 Å². The Morgan fingerprint density at radius 2 is 2.12 bits per heavy atom. The molecule has 0 spiro atoms. The molecule has 0 saturated heterocycles. The molecule has 0 radical (unpaired) electrons. The summed E-state index contributed by atoms with van der Waals surface area (Å²) in [6, 6.07) is 11.8. The zero-order valence-corrected chi connectivity index (χ0v) is 9.98. The van der Waals surface area contributed by atoms with E-state index in [4.69, 9.17) is 10.2 Å². The van der Waals surface area contributed by atoms with Gasteiger partial charge in [-0.05, 0) is 23.6 Å². The Balaban J connectivity index is 1.85. The lowest BCUT2D eigenvalue weighted by Gasteiger charge is -2.05. The van der Waals surface area contributed by atoms with Gasteiger partial charge in [-0.3, -0.25) is 0 Å². The largest absolute Gasteiger partial charge is 0.441 e. The molecule has 0 bridgehead atoms. The second-order valence-corrected chi connectivity index (χ2v) is 4.88. The predicted octanol–water partition coefficient (Wildman–Crippen LogP) is 3.13. The van der Waals surface area contributed by atoms with Gasteiger partial charge >= 0.3 is 0 Å². The molecule has 86 valence electrons. The fourth-order valence-electron chi connectivity index (χ4n) is 1.80. The van der Waals surface area contributed by atoms with Gasteiger partial charge in [-0.15, -0.1) is 11.3 Å². The molecule has 2 heterocycles. The molecule has 3 aromatic rings. The van der Waals surface area contributed by atoms with E-state index in [1.807, 2.05) is 41.8 Å². The fourth-order valence-corrected chi connectivity index (χ4v) is 2.53. The molecule has 3 nitrogen and oxygen atoms in total. The van der Waals surface area contributed by atoms with Crippen molar-refractivity contribution < 1.29 is 4.42 Å². The van der Waals surface area contributed by atoms with Crippen LogP contribution in [0.1, 0.15) is 16.8 Å². The molecule has 1 atom stereocenters. The van der Waals surface area contributed by atoms with Crippen molar-refractivity contribution in [3.8, 4) is 0 Å². The number of fused-ring (bicyclic) bond motifs is 1. The van der Waals surface area contributed by atoms with Crippen LogP contribution < -0.4 is 5.73 Å². The number of nitrogens with two attached hydrogens (primary N) is 1. The topological polar surface area (TPSA) is 52.0 Å². The van der Waals surface area contributed by atoms with Crippen LogP contribution >= 0.6 is 11.3 Å². The minimum atomic E-state index is -0.0388. The van der Waals surface area contributed by atoms with Gasteiger partial charge in [0.25, 0.3) is 0 Å². The van der Waals surface area contributed by atoms with Crippen LogP contribution in [0.3, 0.4) is 0 Å². The predicted molar refractivity (Wildman–Crippen MR) is 69.0 cm³/mol. The zero-order valence-electron chi connectivity index (χ0n) is 9.17. The van der Waals surface area contributed by atoms with Gasteiger partial charge in [0.2, 0.25) is 0 Å². The summed E-state index contributed by atoms with van der Waals surface area (Å²) in [5.41, 5.74) is 7.81. The number of para-hydroxylation sites is 2. The monoisotopic (exact) mass is 244 g/mol. The molecule has 1 unspecified atom stereocenters. The summed E-state index contributed by atoms with van der Waals surface area (Å²) in [5, 5.41) is 2.03. The second kappa shape index (κ2) is 4.31. The van der Waals surface area contributed by atoms with E-state index in [-0.39, 0.29) is 6.04 Å². The number of rotatable bonds is 3. The lowest BCUT2D eigenvalue weighted by atomic mass is 10.2. The van der Waals surface area contributed by atoms with Crippen molar-refractivity contribution in [3.63, 3.8) is 0 Å². The summed E-state index contributed by atoms with van der Waals surface area (Å²) in [7, 11) is 0. The van der Waals surface area contributed by atoms with Crippen LogP contribution in [0.25, 0.3) is 11.1 Å². The highest BCUT2D eigenvalue weighted by molar-refractivity contribution is 7.10. The molecule has 0 amide bonds. The molecule has 4 heteroatoms. The number of hydrogen-bond acceptors (Lipinski definition) is 4. The van der Waals surface area contributed by atoms with Gasteiger partial charge in [0.1, 0.15) is 5.52 Å². The molecular weight excluding hydrogens is 232 g/mol. The Labute approximate surface area is 103 Å². The van der Waals surface area contributed by atoms with Crippen molar-refractivity contribution in [2.45, 2.75) is 12.5 Å². The van der Waals surface area contributed by atoms with Gasteiger partial charge in [0.05, 0.1) is 0 Å². The number of nitrogens with zero attached hydrogens (tertiary/aromatic N) is 1. The molecule has 17 heavy (non-hydrogen) atoms. The number of hydrogen-bond donors (Lipinski definition) is 1. The van der Waals surface area contributed by atoms with E-state index in [0.717, 1.165) is 16.0 Å². The molecule has 1 aromatic carbocycles. The third-order valence-corrected chi connectivity index (χ3v) is 3.65. The maximum Gasteiger partial charge on any atom is 0.197 e. The van der Waals surface area contributed by atoms with Crippen molar-refractivity contribution >= 4 is 22.4 Å². The van der Waals surface area contributed by atoms with Crippen molar-refractivity contribution in [2.75, 3.05) is 0 Å². The zero-order chi connectivity index (χ0) is 11.7. The van der Waals surface area contributed by atoms with Gasteiger partial charge in [0, 0.05) is 17.3 Å². The van der Waals surface area contributed by atoms with Gasteiger partial charge in [-0.25, -0.2) is 4.98 Å². The lowest BCUT2D eigenvalue weighted by molar-refractivity contribution is 0.504. The number of aromatic nitrogens is 1. The lowest BCUT2D eigenvalue weighted by Crippen LogP contribution is -2.11. The highest BCUT2D eigenvalue weighted by atomic mass is 32.1. The third-order valence-electron chi connectivity index (χ3n) is 2.64.